The zero-order chi connectivity index (χ0) is 17.4. The van der Waals surface area contributed by atoms with Gasteiger partial charge in [-0.3, -0.25) is 4.79 Å². The summed E-state index contributed by atoms with van der Waals surface area (Å²) in [4.78, 5) is 24.3. The zero-order valence-electron chi connectivity index (χ0n) is 13.7. The van der Waals surface area contributed by atoms with E-state index in [1.807, 2.05) is 60.7 Å². The number of alkyl carbamates (subject to hydrolysis) is 1. The Morgan fingerprint density at radius 1 is 1.00 bits per heavy atom. The van der Waals surface area contributed by atoms with E-state index in [9.17, 15) is 9.59 Å². The molecule has 0 bridgehead atoms. The third-order valence-corrected chi connectivity index (χ3v) is 3.52. The van der Waals surface area contributed by atoms with Crippen LogP contribution in [0.1, 0.15) is 18.1 Å². The van der Waals surface area contributed by atoms with Crippen molar-refractivity contribution >= 4 is 11.9 Å². The van der Waals surface area contributed by atoms with Gasteiger partial charge in [-0.05, 0) is 23.6 Å². The lowest BCUT2D eigenvalue weighted by molar-refractivity contribution is -0.117. The Kier molecular flexibility index (Phi) is 6.32. The van der Waals surface area contributed by atoms with Gasteiger partial charge in [0.05, 0.1) is 6.04 Å². The van der Waals surface area contributed by atoms with E-state index in [2.05, 4.69) is 11.9 Å². The molecular formula is C20H21NO3. The first-order chi connectivity index (χ1) is 11.6. The third kappa shape index (κ3) is 5.39. The van der Waals surface area contributed by atoms with Crippen LogP contribution in [0.15, 0.2) is 72.8 Å². The van der Waals surface area contributed by atoms with Gasteiger partial charge in [0, 0.05) is 6.42 Å². The number of rotatable bonds is 7. The number of carbonyl (C=O) groups excluding carboxylic acids is 2. The van der Waals surface area contributed by atoms with Crippen molar-refractivity contribution in [3.63, 3.8) is 0 Å². The lowest BCUT2D eigenvalue weighted by Crippen LogP contribution is -2.42. The molecule has 24 heavy (non-hydrogen) atoms. The molecule has 1 N–H and O–H groups in total. The first kappa shape index (κ1) is 17.5. The number of ketones is 1. The van der Waals surface area contributed by atoms with Gasteiger partial charge >= 0.3 is 6.09 Å². The maximum atomic E-state index is 12.3. The van der Waals surface area contributed by atoms with Crippen LogP contribution in [0.3, 0.4) is 0 Å². The molecule has 0 fully saturated rings. The van der Waals surface area contributed by atoms with Crippen molar-refractivity contribution in [1.29, 1.82) is 0 Å². The Balaban J connectivity index is 1.97. The number of hydrogen-bond donors (Lipinski definition) is 1. The Morgan fingerprint density at radius 2 is 1.54 bits per heavy atom. The first-order valence-electron chi connectivity index (χ1n) is 7.77. The largest absolute Gasteiger partial charge is 0.445 e. The molecule has 2 rings (SSSR count). The lowest BCUT2D eigenvalue weighted by Gasteiger charge is -2.18. The van der Waals surface area contributed by atoms with Crippen LogP contribution in [0.2, 0.25) is 0 Å². The molecule has 1 atom stereocenters. The molecule has 0 heterocycles. The Labute approximate surface area is 142 Å². The van der Waals surface area contributed by atoms with Gasteiger partial charge in [0.25, 0.3) is 0 Å². The standard InChI is InChI=1S/C20H21NO3/c1-15(2)19(22)18(13-16-9-5-3-6-10-16)21-20(23)24-14-17-11-7-4-8-12-17/h3-12,18H,1,13-14H2,2H3,(H,21,23)/t18-/m0/s1. The van der Waals surface area contributed by atoms with Gasteiger partial charge in [0.1, 0.15) is 6.61 Å². The van der Waals surface area contributed by atoms with Gasteiger partial charge in [0.2, 0.25) is 0 Å². The molecule has 1 amide bonds. The molecule has 4 nitrogen and oxygen atoms in total. The predicted molar refractivity (Wildman–Crippen MR) is 93.5 cm³/mol. The Hall–Kier alpha value is -2.88. The van der Waals surface area contributed by atoms with E-state index < -0.39 is 12.1 Å². The number of nitrogens with one attached hydrogen (secondary N) is 1. The summed E-state index contributed by atoms with van der Waals surface area (Å²) in [6.07, 6.45) is -0.221. The highest BCUT2D eigenvalue weighted by atomic mass is 16.5. The van der Waals surface area contributed by atoms with E-state index in [-0.39, 0.29) is 12.4 Å². The summed E-state index contributed by atoms with van der Waals surface area (Å²) >= 11 is 0. The molecule has 0 spiro atoms. The first-order valence-corrected chi connectivity index (χ1v) is 7.77. The maximum Gasteiger partial charge on any atom is 0.408 e. The van der Waals surface area contributed by atoms with Crippen molar-refractivity contribution in [1.82, 2.24) is 5.32 Å². The number of benzene rings is 2. The minimum Gasteiger partial charge on any atom is -0.445 e. The molecule has 0 aromatic heterocycles. The molecule has 4 heteroatoms. The van der Waals surface area contributed by atoms with Crippen molar-refractivity contribution in [3.8, 4) is 0 Å². The summed E-state index contributed by atoms with van der Waals surface area (Å²) in [5.41, 5.74) is 2.25. The van der Waals surface area contributed by atoms with Crippen LogP contribution in [0.25, 0.3) is 0 Å². The minimum absolute atomic E-state index is 0.159. The van der Waals surface area contributed by atoms with E-state index >= 15 is 0 Å². The van der Waals surface area contributed by atoms with Gasteiger partial charge < -0.3 is 10.1 Å². The van der Waals surface area contributed by atoms with Crippen molar-refractivity contribution in [2.24, 2.45) is 0 Å². The summed E-state index contributed by atoms with van der Waals surface area (Å²) in [5.74, 6) is -0.199. The number of hydrogen-bond acceptors (Lipinski definition) is 3. The summed E-state index contributed by atoms with van der Waals surface area (Å²) in [7, 11) is 0. The molecule has 2 aromatic carbocycles. The van der Waals surface area contributed by atoms with Crippen LogP contribution in [-0.4, -0.2) is 17.9 Å². The van der Waals surface area contributed by atoms with E-state index in [0.717, 1.165) is 11.1 Å². The van der Waals surface area contributed by atoms with Crippen molar-refractivity contribution in [3.05, 3.63) is 83.9 Å². The molecule has 2 aromatic rings. The van der Waals surface area contributed by atoms with E-state index in [0.29, 0.717) is 12.0 Å². The fourth-order valence-electron chi connectivity index (χ4n) is 2.26. The molecule has 0 aliphatic rings. The lowest BCUT2D eigenvalue weighted by atomic mass is 9.99. The van der Waals surface area contributed by atoms with E-state index in [1.165, 1.54) is 0 Å². The number of Topliss-reactive ketones (excluding diaryl/α,β-unsaturated/α-hetero) is 1. The molecule has 124 valence electrons. The van der Waals surface area contributed by atoms with Crippen molar-refractivity contribution in [2.45, 2.75) is 26.0 Å². The predicted octanol–water partition coefficient (Wildman–Crippen LogP) is 3.67. The topological polar surface area (TPSA) is 55.4 Å². The Bertz CT molecular complexity index is 695. The molecule has 0 aliphatic carbocycles. The summed E-state index contributed by atoms with van der Waals surface area (Å²) < 4.78 is 5.19. The van der Waals surface area contributed by atoms with Gasteiger partial charge in [0.15, 0.2) is 5.78 Å². The summed E-state index contributed by atoms with van der Waals surface area (Å²) in [6, 6.07) is 18.2. The summed E-state index contributed by atoms with van der Waals surface area (Å²) in [6.45, 7) is 5.47. The average Bonchev–Trinajstić information content (AvgIpc) is 2.60. The second-order valence-electron chi connectivity index (χ2n) is 5.59. The third-order valence-electron chi connectivity index (χ3n) is 3.52. The van der Waals surface area contributed by atoms with Crippen LogP contribution < -0.4 is 5.32 Å². The molecule has 0 radical (unpaired) electrons. The van der Waals surface area contributed by atoms with Crippen molar-refractivity contribution in [2.75, 3.05) is 0 Å². The van der Waals surface area contributed by atoms with E-state index in [4.69, 9.17) is 4.74 Å². The maximum absolute atomic E-state index is 12.3. The highest BCUT2D eigenvalue weighted by Gasteiger charge is 2.22. The SMILES string of the molecule is C=C(C)C(=O)[C@H](Cc1ccccc1)NC(=O)OCc1ccccc1. The van der Waals surface area contributed by atoms with Gasteiger partial charge in [-0.25, -0.2) is 4.79 Å². The number of ether oxygens (including phenoxy) is 1. The van der Waals surface area contributed by atoms with Crippen LogP contribution >= 0.6 is 0 Å². The minimum atomic E-state index is -0.687. The normalized spacial score (nSPS) is 11.4. The molecule has 0 saturated carbocycles. The molecule has 0 unspecified atom stereocenters. The van der Waals surface area contributed by atoms with E-state index in [1.54, 1.807) is 6.92 Å². The Morgan fingerprint density at radius 3 is 2.08 bits per heavy atom. The fourth-order valence-corrected chi connectivity index (χ4v) is 2.26. The van der Waals surface area contributed by atoms with Crippen LogP contribution in [0.5, 0.6) is 0 Å². The van der Waals surface area contributed by atoms with Gasteiger partial charge in [-0.15, -0.1) is 0 Å². The van der Waals surface area contributed by atoms with Gasteiger partial charge in [-0.2, -0.15) is 0 Å². The quantitative estimate of drug-likeness (QED) is 0.791. The van der Waals surface area contributed by atoms with Crippen molar-refractivity contribution < 1.29 is 14.3 Å². The highest BCUT2D eigenvalue weighted by Crippen LogP contribution is 2.08. The second-order valence-corrected chi connectivity index (χ2v) is 5.59. The summed E-state index contributed by atoms with van der Waals surface area (Å²) in [5, 5.41) is 2.65. The highest BCUT2D eigenvalue weighted by molar-refractivity contribution is 6.00. The van der Waals surface area contributed by atoms with Crippen LogP contribution in [0, 0.1) is 0 Å². The van der Waals surface area contributed by atoms with Crippen LogP contribution in [-0.2, 0) is 22.6 Å². The zero-order valence-corrected chi connectivity index (χ0v) is 13.7. The smallest absolute Gasteiger partial charge is 0.408 e. The monoisotopic (exact) mass is 323 g/mol. The van der Waals surface area contributed by atoms with Gasteiger partial charge in [-0.1, -0.05) is 67.2 Å². The molecule has 0 saturated heterocycles. The molecule has 0 aliphatic heterocycles. The number of carbonyl (C=O) groups is 2. The average molecular weight is 323 g/mol. The molecular weight excluding hydrogens is 302 g/mol. The van der Waals surface area contributed by atoms with Crippen LogP contribution in [0.4, 0.5) is 4.79 Å². The second kappa shape index (κ2) is 8.67. The number of amides is 1. The fraction of sp³-hybridized carbons (Fsp3) is 0.200.